The normalized spacial score (nSPS) is 17.7. The first-order valence-electron chi connectivity index (χ1n) is 8.41. The van der Waals surface area contributed by atoms with E-state index in [1.807, 2.05) is 18.2 Å². The quantitative estimate of drug-likeness (QED) is 0.634. The molecule has 0 saturated carbocycles. The van der Waals surface area contributed by atoms with E-state index in [9.17, 15) is 9.59 Å². The first-order valence-corrected chi connectivity index (χ1v) is 8.41. The predicted molar refractivity (Wildman–Crippen MR) is 90.1 cm³/mol. The van der Waals surface area contributed by atoms with Crippen LogP contribution >= 0.6 is 0 Å². The van der Waals surface area contributed by atoms with Gasteiger partial charge in [0.25, 0.3) is 0 Å². The fourth-order valence-corrected chi connectivity index (χ4v) is 3.19. The number of para-hydroxylation sites is 2. The lowest BCUT2D eigenvalue weighted by atomic mass is 10.0. The van der Waals surface area contributed by atoms with Crippen molar-refractivity contribution in [2.75, 3.05) is 13.2 Å². The lowest BCUT2D eigenvalue weighted by Crippen LogP contribution is -2.38. The number of ketones is 1. The van der Waals surface area contributed by atoms with Crippen LogP contribution in [0.5, 0.6) is 11.5 Å². The second-order valence-corrected chi connectivity index (χ2v) is 6.23. The molecule has 0 aromatic heterocycles. The molecular weight excluding hydrogens is 320 g/mol. The molecule has 0 fully saturated rings. The summed E-state index contributed by atoms with van der Waals surface area (Å²) >= 11 is 0. The van der Waals surface area contributed by atoms with Crippen molar-refractivity contribution in [3.05, 3.63) is 59.2 Å². The van der Waals surface area contributed by atoms with Crippen molar-refractivity contribution < 1.29 is 23.8 Å². The summed E-state index contributed by atoms with van der Waals surface area (Å²) in [5, 5.41) is 0. The molecule has 4 rings (SSSR count). The van der Waals surface area contributed by atoms with Crippen LogP contribution in [0.4, 0.5) is 0 Å². The van der Waals surface area contributed by atoms with Gasteiger partial charge in [0.05, 0.1) is 0 Å². The molecule has 1 heterocycles. The van der Waals surface area contributed by atoms with Crippen LogP contribution in [-0.2, 0) is 22.4 Å². The zero-order valence-corrected chi connectivity index (χ0v) is 13.7. The fourth-order valence-electron chi connectivity index (χ4n) is 3.19. The Bertz CT molecular complexity index is 827. The van der Waals surface area contributed by atoms with Gasteiger partial charge in [-0.1, -0.05) is 24.3 Å². The van der Waals surface area contributed by atoms with Crippen molar-refractivity contribution in [2.45, 2.75) is 25.4 Å². The Balaban J connectivity index is 1.35. The van der Waals surface area contributed by atoms with Gasteiger partial charge in [0.1, 0.15) is 6.61 Å². The summed E-state index contributed by atoms with van der Waals surface area (Å²) in [4.78, 5) is 24.4. The molecule has 0 N–H and O–H groups in total. The Labute approximate surface area is 145 Å². The number of carbonyl (C=O) groups excluding carboxylic acids is 2. The number of carbonyl (C=O) groups is 2. The topological polar surface area (TPSA) is 61.8 Å². The third-order valence-electron chi connectivity index (χ3n) is 4.54. The molecule has 5 nitrogen and oxygen atoms in total. The highest BCUT2D eigenvalue weighted by Gasteiger charge is 2.29. The van der Waals surface area contributed by atoms with E-state index in [2.05, 4.69) is 0 Å². The van der Waals surface area contributed by atoms with E-state index in [0.717, 1.165) is 19.3 Å². The van der Waals surface area contributed by atoms with Crippen LogP contribution in [0.15, 0.2) is 42.5 Å². The van der Waals surface area contributed by atoms with Crippen LogP contribution in [-0.4, -0.2) is 31.1 Å². The molecule has 128 valence electrons. The SMILES string of the molecule is O=C(COC(=O)C1COc2ccccc2O1)c1ccc2c(c1)CCC2. The van der Waals surface area contributed by atoms with Gasteiger partial charge >= 0.3 is 5.97 Å². The van der Waals surface area contributed by atoms with Gasteiger partial charge in [-0.05, 0) is 48.6 Å². The van der Waals surface area contributed by atoms with Crippen molar-refractivity contribution in [2.24, 2.45) is 0 Å². The largest absolute Gasteiger partial charge is 0.485 e. The number of hydrogen-bond donors (Lipinski definition) is 0. The van der Waals surface area contributed by atoms with Crippen LogP contribution in [0.2, 0.25) is 0 Å². The third kappa shape index (κ3) is 3.22. The summed E-state index contributed by atoms with van der Waals surface area (Å²) in [7, 11) is 0. The van der Waals surface area contributed by atoms with Crippen molar-refractivity contribution in [3.63, 3.8) is 0 Å². The smallest absolute Gasteiger partial charge is 0.351 e. The van der Waals surface area contributed by atoms with Crippen LogP contribution < -0.4 is 9.47 Å². The minimum absolute atomic E-state index is 0.0723. The van der Waals surface area contributed by atoms with Gasteiger partial charge < -0.3 is 14.2 Å². The first kappa shape index (κ1) is 15.7. The van der Waals surface area contributed by atoms with Crippen LogP contribution in [0.25, 0.3) is 0 Å². The highest BCUT2D eigenvalue weighted by atomic mass is 16.6. The molecule has 0 amide bonds. The number of esters is 1. The zero-order chi connectivity index (χ0) is 17.2. The number of hydrogen-bond acceptors (Lipinski definition) is 5. The van der Waals surface area contributed by atoms with Gasteiger partial charge in [-0.25, -0.2) is 4.79 Å². The molecule has 2 aromatic carbocycles. The van der Waals surface area contributed by atoms with Crippen LogP contribution in [0, 0.1) is 0 Å². The number of ether oxygens (including phenoxy) is 3. The molecule has 0 saturated heterocycles. The Hall–Kier alpha value is -2.82. The van der Waals surface area contributed by atoms with Crippen molar-refractivity contribution in [1.82, 2.24) is 0 Å². The monoisotopic (exact) mass is 338 g/mol. The van der Waals surface area contributed by atoms with E-state index < -0.39 is 12.1 Å². The summed E-state index contributed by atoms with van der Waals surface area (Å²) in [5.41, 5.74) is 3.11. The van der Waals surface area contributed by atoms with Crippen molar-refractivity contribution in [1.29, 1.82) is 0 Å². The van der Waals surface area contributed by atoms with Gasteiger partial charge in [-0.3, -0.25) is 4.79 Å². The fraction of sp³-hybridized carbons (Fsp3) is 0.300. The highest BCUT2D eigenvalue weighted by molar-refractivity contribution is 5.98. The van der Waals surface area contributed by atoms with Crippen molar-refractivity contribution in [3.8, 4) is 11.5 Å². The first-order chi connectivity index (χ1) is 12.2. The standard InChI is InChI=1S/C20H18O5/c21-16(15-9-8-13-4-3-5-14(13)10-15)11-24-20(22)19-12-23-17-6-1-2-7-18(17)25-19/h1-2,6-10,19H,3-5,11-12H2. The van der Waals surface area contributed by atoms with Crippen LogP contribution in [0.1, 0.15) is 27.9 Å². The number of benzene rings is 2. The minimum Gasteiger partial charge on any atom is -0.485 e. The van der Waals surface area contributed by atoms with Gasteiger partial charge in [-0.15, -0.1) is 0 Å². The molecule has 1 aliphatic carbocycles. The van der Waals surface area contributed by atoms with E-state index >= 15 is 0 Å². The lowest BCUT2D eigenvalue weighted by molar-refractivity contribution is -0.153. The molecule has 1 unspecified atom stereocenters. The summed E-state index contributed by atoms with van der Waals surface area (Å²) < 4.78 is 16.2. The van der Waals surface area contributed by atoms with E-state index in [1.54, 1.807) is 24.3 Å². The number of aryl methyl sites for hydroxylation is 2. The third-order valence-corrected chi connectivity index (χ3v) is 4.54. The summed E-state index contributed by atoms with van der Waals surface area (Å²) in [6, 6.07) is 12.8. The van der Waals surface area contributed by atoms with E-state index in [4.69, 9.17) is 14.2 Å². The Morgan fingerprint density at radius 1 is 1.04 bits per heavy atom. The zero-order valence-electron chi connectivity index (χ0n) is 13.7. The summed E-state index contributed by atoms with van der Waals surface area (Å²) in [6.45, 7) is -0.220. The molecule has 0 radical (unpaired) electrons. The molecular formula is C20H18O5. The van der Waals surface area contributed by atoms with Crippen molar-refractivity contribution >= 4 is 11.8 Å². The molecule has 1 aliphatic heterocycles. The van der Waals surface area contributed by atoms with Gasteiger partial charge in [0.2, 0.25) is 6.10 Å². The number of fused-ring (bicyclic) bond motifs is 2. The second kappa shape index (κ2) is 6.59. The Morgan fingerprint density at radius 3 is 2.72 bits per heavy atom. The average Bonchev–Trinajstić information content (AvgIpc) is 3.13. The number of rotatable bonds is 4. The van der Waals surface area contributed by atoms with Crippen LogP contribution in [0.3, 0.4) is 0 Å². The molecule has 0 spiro atoms. The molecule has 0 bridgehead atoms. The maximum absolute atomic E-state index is 12.3. The number of Topliss-reactive ketones (excluding diaryl/α,β-unsaturated/α-hetero) is 1. The van der Waals surface area contributed by atoms with Gasteiger partial charge in [0.15, 0.2) is 23.9 Å². The maximum Gasteiger partial charge on any atom is 0.351 e. The van der Waals surface area contributed by atoms with E-state index in [1.165, 1.54) is 11.1 Å². The Morgan fingerprint density at radius 2 is 1.84 bits per heavy atom. The Kier molecular flexibility index (Phi) is 4.14. The minimum atomic E-state index is -0.859. The maximum atomic E-state index is 12.3. The molecule has 2 aliphatic rings. The lowest BCUT2D eigenvalue weighted by Gasteiger charge is -2.24. The molecule has 1 atom stereocenters. The summed E-state index contributed by atoms with van der Waals surface area (Å²) in [5.74, 6) is 0.297. The summed E-state index contributed by atoms with van der Waals surface area (Å²) in [6.07, 6.45) is 2.34. The van der Waals surface area contributed by atoms with E-state index in [0.29, 0.717) is 17.1 Å². The predicted octanol–water partition coefficient (Wildman–Crippen LogP) is 2.74. The molecule has 25 heavy (non-hydrogen) atoms. The van der Waals surface area contributed by atoms with E-state index in [-0.39, 0.29) is 19.0 Å². The molecule has 2 aromatic rings. The van der Waals surface area contributed by atoms with Gasteiger partial charge in [0, 0.05) is 5.56 Å². The van der Waals surface area contributed by atoms with Gasteiger partial charge in [-0.2, -0.15) is 0 Å². The molecule has 5 heteroatoms. The highest BCUT2D eigenvalue weighted by Crippen LogP contribution is 2.31. The second-order valence-electron chi connectivity index (χ2n) is 6.23. The average molecular weight is 338 g/mol.